The Morgan fingerprint density at radius 3 is 2.50 bits per heavy atom. The van der Waals surface area contributed by atoms with E-state index >= 15 is 0 Å². The summed E-state index contributed by atoms with van der Waals surface area (Å²) < 4.78 is 32.8. The predicted octanol–water partition coefficient (Wildman–Crippen LogP) is 3.37. The third kappa shape index (κ3) is 3.66. The van der Waals surface area contributed by atoms with Gasteiger partial charge in [0, 0.05) is 31.6 Å². The second kappa shape index (κ2) is 7.01. The zero-order valence-electron chi connectivity index (χ0n) is 13.3. The lowest BCUT2D eigenvalue weighted by Gasteiger charge is -2.19. The van der Waals surface area contributed by atoms with Gasteiger partial charge >= 0.3 is 0 Å². The number of ether oxygens (including phenoxy) is 1. The number of hydrogen-bond acceptors (Lipinski definition) is 4. The van der Waals surface area contributed by atoms with Crippen LogP contribution in [0.1, 0.15) is 6.42 Å². The summed E-state index contributed by atoms with van der Waals surface area (Å²) in [6.07, 6.45) is 1.25. The standard InChI is InChI=1S/C17H19ClN2O3S/c1-23-15-10-11-20(12-15)14-8-6-13(7-9-14)19-24(21,22)17-5-3-2-4-16(17)18/h2-9,15,19H,10-12H2,1H3/t15-/m0/s1. The minimum absolute atomic E-state index is 0.0678. The summed E-state index contributed by atoms with van der Waals surface area (Å²) >= 11 is 5.98. The van der Waals surface area contributed by atoms with Crippen LogP contribution in [0.3, 0.4) is 0 Å². The quantitative estimate of drug-likeness (QED) is 0.881. The van der Waals surface area contributed by atoms with E-state index in [1.807, 2.05) is 12.1 Å². The average Bonchev–Trinajstić information content (AvgIpc) is 3.04. The van der Waals surface area contributed by atoms with Crippen LogP contribution in [0.15, 0.2) is 53.4 Å². The molecule has 0 aliphatic carbocycles. The van der Waals surface area contributed by atoms with E-state index < -0.39 is 10.0 Å². The van der Waals surface area contributed by atoms with Crippen LogP contribution in [0.25, 0.3) is 0 Å². The highest BCUT2D eigenvalue weighted by Gasteiger charge is 2.22. The van der Waals surface area contributed by atoms with Crippen LogP contribution >= 0.6 is 11.6 Å². The number of sulfonamides is 1. The first-order valence-electron chi connectivity index (χ1n) is 7.65. The van der Waals surface area contributed by atoms with Crippen LogP contribution < -0.4 is 9.62 Å². The summed E-state index contributed by atoms with van der Waals surface area (Å²) in [5.74, 6) is 0. The van der Waals surface area contributed by atoms with Crippen molar-refractivity contribution in [2.75, 3.05) is 29.8 Å². The molecule has 0 spiro atoms. The molecule has 1 heterocycles. The molecule has 1 fully saturated rings. The van der Waals surface area contributed by atoms with E-state index in [0.29, 0.717) is 5.69 Å². The molecule has 1 saturated heterocycles. The molecule has 0 aromatic heterocycles. The van der Waals surface area contributed by atoms with Gasteiger partial charge in [-0.1, -0.05) is 23.7 Å². The summed E-state index contributed by atoms with van der Waals surface area (Å²) in [7, 11) is -1.98. The van der Waals surface area contributed by atoms with Gasteiger partial charge in [-0.25, -0.2) is 8.42 Å². The molecule has 5 nitrogen and oxygen atoms in total. The predicted molar refractivity (Wildman–Crippen MR) is 96.3 cm³/mol. The fourth-order valence-electron chi connectivity index (χ4n) is 2.77. The van der Waals surface area contributed by atoms with Crippen LogP contribution in [0.5, 0.6) is 0 Å². The van der Waals surface area contributed by atoms with E-state index in [1.54, 1.807) is 37.4 Å². The first-order chi connectivity index (χ1) is 11.5. The van der Waals surface area contributed by atoms with Gasteiger partial charge in [0.2, 0.25) is 0 Å². The number of hydrogen-bond donors (Lipinski definition) is 1. The maximum absolute atomic E-state index is 12.4. The van der Waals surface area contributed by atoms with Gasteiger partial charge in [0.05, 0.1) is 11.1 Å². The Kier molecular flexibility index (Phi) is 4.99. The molecule has 2 aromatic rings. The molecule has 128 valence electrons. The van der Waals surface area contributed by atoms with Crippen molar-refractivity contribution in [3.63, 3.8) is 0 Å². The largest absolute Gasteiger partial charge is 0.380 e. The van der Waals surface area contributed by atoms with Gasteiger partial charge in [-0.05, 0) is 42.8 Å². The maximum Gasteiger partial charge on any atom is 0.263 e. The van der Waals surface area contributed by atoms with Crippen molar-refractivity contribution in [3.8, 4) is 0 Å². The number of benzene rings is 2. The highest BCUT2D eigenvalue weighted by Crippen LogP contribution is 2.26. The van der Waals surface area contributed by atoms with Gasteiger partial charge in [-0.15, -0.1) is 0 Å². The first kappa shape index (κ1) is 17.1. The van der Waals surface area contributed by atoms with Crippen molar-refractivity contribution in [2.24, 2.45) is 0 Å². The molecule has 0 radical (unpaired) electrons. The average molecular weight is 367 g/mol. The minimum atomic E-state index is -3.70. The Hall–Kier alpha value is -1.76. The number of methoxy groups -OCH3 is 1. The van der Waals surface area contributed by atoms with Gasteiger partial charge in [0.15, 0.2) is 0 Å². The van der Waals surface area contributed by atoms with Crippen molar-refractivity contribution in [3.05, 3.63) is 53.6 Å². The van der Waals surface area contributed by atoms with Crippen LogP contribution in [0.2, 0.25) is 5.02 Å². The first-order valence-corrected chi connectivity index (χ1v) is 9.51. The topological polar surface area (TPSA) is 58.6 Å². The molecule has 2 aromatic carbocycles. The van der Waals surface area contributed by atoms with Gasteiger partial charge in [0.25, 0.3) is 10.0 Å². The molecule has 1 N–H and O–H groups in total. The van der Waals surface area contributed by atoms with Gasteiger partial charge in [-0.3, -0.25) is 4.72 Å². The monoisotopic (exact) mass is 366 g/mol. The summed E-state index contributed by atoms with van der Waals surface area (Å²) in [6, 6.07) is 13.7. The van der Waals surface area contributed by atoms with Crippen molar-refractivity contribution in [1.82, 2.24) is 0 Å². The lowest BCUT2D eigenvalue weighted by atomic mass is 10.2. The van der Waals surface area contributed by atoms with E-state index in [0.717, 1.165) is 25.2 Å². The molecule has 7 heteroatoms. The lowest BCUT2D eigenvalue weighted by molar-refractivity contribution is 0.121. The summed E-state index contributed by atoms with van der Waals surface area (Å²) in [5.41, 5.74) is 1.55. The van der Waals surface area contributed by atoms with Crippen molar-refractivity contribution in [2.45, 2.75) is 17.4 Å². The molecule has 0 unspecified atom stereocenters. The van der Waals surface area contributed by atoms with Crippen molar-refractivity contribution < 1.29 is 13.2 Å². The number of rotatable bonds is 5. The number of halogens is 1. The van der Waals surface area contributed by atoms with E-state index in [1.165, 1.54) is 6.07 Å². The molecule has 24 heavy (non-hydrogen) atoms. The van der Waals surface area contributed by atoms with Crippen LogP contribution in [0.4, 0.5) is 11.4 Å². The smallest absolute Gasteiger partial charge is 0.263 e. The maximum atomic E-state index is 12.4. The minimum Gasteiger partial charge on any atom is -0.380 e. The Bertz CT molecular complexity index is 809. The second-order valence-corrected chi connectivity index (χ2v) is 7.73. The van der Waals surface area contributed by atoms with Gasteiger partial charge < -0.3 is 9.64 Å². The Morgan fingerprint density at radius 2 is 1.88 bits per heavy atom. The zero-order chi connectivity index (χ0) is 17.2. The molecular formula is C17H19ClN2O3S. The van der Waals surface area contributed by atoms with Gasteiger partial charge in [0.1, 0.15) is 4.90 Å². The molecule has 1 aliphatic heterocycles. The molecule has 0 bridgehead atoms. The molecule has 0 amide bonds. The normalized spacial score (nSPS) is 17.9. The highest BCUT2D eigenvalue weighted by atomic mass is 35.5. The molecule has 1 aliphatic rings. The summed E-state index contributed by atoms with van der Waals surface area (Å²) in [4.78, 5) is 2.29. The van der Waals surface area contributed by atoms with Crippen LogP contribution in [-0.4, -0.2) is 34.7 Å². The third-order valence-corrected chi connectivity index (χ3v) is 5.97. The van der Waals surface area contributed by atoms with Crippen molar-refractivity contribution in [1.29, 1.82) is 0 Å². The number of anilines is 2. The fourth-order valence-corrected chi connectivity index (χ4v) is 4.35. The number of nitrogens with zero attached hydrogens (tertiary/aromatic N) is 1. The van der Waals surface area contributed by atoms with Crippen LogP contribution in [0, 0.1) is 0 Å². The SMILES string of the molecule is CO[C@H]1CCN(c2ccc(NS(=O)(=O)c3ccccc3Cl)cc2)C1. The fraction of sp³-hybridized carbons (Fsp3) is 0.294. The van der Waals surface area contributed by atoms with Crippen LogP contribution in [-0.2, 0) is 14.8 Å². The Labute approximate surface area is 147 Å². The summed E-state index contributed by atoms with van der Waals surface area (Å²) in [5, 5.41) is 0.198. The molecule has 0 saturated carbocycles. The highest BCUT2D eigenvalue weighted by molar-refractivity contribution is 7.92. The molecule has 3 rings (SSSR count). The second-order valence-electron chi connectivity index (χ2n) is 5.68. The van der Waals surface area contributed by atoms with E-state index in [2.05, 4.69) is 9.62 Å². The van der Waals surface area contributed by atoms with E-state index in [4.69, 9.17) is 16.3 Å². The van der Waals surface area contributed by atoms with E-state index in [-0.39, 0.29) is 16.0 Å². The lowest BCUT2D eigenvalue weighted by Crippen LogP contribution is -2.22. The summed E-state index contributed by atoms with van der Waals surface area (Å²) in [6.45, 7) is 1.78. The van der Waals surface area contributed by atoms with Gasteiger partial charge in [-0.2, -0.15) is 0 Å². The molecular weight excluding hydrogens is 348 g/mol. The number of nitrogens with one attached hydrogen (secondary N) is 1. The zero-order valence-corrected chi connectivity index (χ0v) is 14.8. The van der Waals surface area contributed by atoms with Crippen molar-refractivity contribution >= 4 is 33.0 Å². The van der Waals surface area contributed by atoms with E-state index in [9.17, 15) is 8.42 Å². The Morgan fingerprint density at radius 1 is 1.17 bits per heavy atom. The Balaban J connectivity index is 1.74. The third-order valence-electron chi connectivity index (χ3n) is 4.09. The molecule has 1 atom stereocenters.